The van der Waals surface area contributed by atoms with E-state index in [0.29, 0.717) is 19.3 Å². The lowest BCUT2D eigenvalue weighted by Crippen LogP contribution is -2.17. The fourth-order valence-corrected chi connectivity index (χ4v) is 1.09. The van der Waals surface area contributed by atoms with Crippen LogP contribution < -0.4 is 0 Å². The molecule has 10 heavy (non-hydrogen) atoms. The summed E-state index contributed by atoms with van der Waals surface area (Å²) in [5, 5.41) is 0. The van der Waals surface area contributed by atoms with Gasteiger partial charge in [-0.2, -0.15) is 0 Å². The Labute approximate surface area is 66.0 Å². The Kier molecular flexibility index (Phi) is 4.76. The fraction of sp³-hybridized carbons (Fsp3) is 0.700. The molecule has 0 saturated carbocycles. The quantitative estimate of drug-likeness (QED) is 0.545. The van der Waals surface area contributed by atoms with Crippen LogP contribution in [0.1, 0.15) is 39.0 Å². The minimum Gasteiger partial charge on any atom is -0.0654 e. The first-order valence-electron chi connectivity index (χ1n) is 3.85. The highest BCUT2D eigenvalue weighted by Gasteiger charge is 2.22. The average Bonchev–Trinajstić information content (AvgIpc) is 2.01. The lowest BCUT2D eigenvalue weighted by atomic mass is 9.76. The van der Waals surface area contributed by atoms with E-state index in [4.69, 9.17) is 20.8 Å². The Morgan fingerprint density at radius 3 is 1.50 bits per heavy atom. The van der Waals surface area contributed by atoms with E-state index in [1.807, 2.05) is 0 Å². The minimum atomic E-state index is 0.00868. The zero-order chi connectivity index (χ0) is 8.04. The molecule has 0 atom stereocenters. The predicted molar refractivity (Wildman–Crippen MR) is 44.1 cm³/mol. The fourth-order valence-electron chi connectivity index (χ4n) is 1.09. The van der Waals surface area contributed by atoms with Gasteiger partial charge in [0.05, 0.1) is 0 Å². The Morgan fingerprint density at radius 1 is 1.00 bits per heavy atom. The molecule has 0 spiro atoms. The van der Waals surface area contributed by atoms with E-state index in [0.717, 1.165) is 12.8 Å². The molecule has 0 aromatic heterocycles. The van der Waals surface area contributed by atoms with Crippen LogP contribution in [0.3, 0.4) is 0 Å². The third-order valence-corrected chi connectivity index (χ3v) is 2.08. The molecular weight excluding hydrogens is 120 g/mol. The molecule has 56 valence electrons. The second-order valence-electron chi connectivity index (χ2n) is 2.86. The second kappa shape index (κ2) is 4.76. The van der Waals surface area contributed by atoms with E-state index in [1.165, 1.54) is 0 Å². The zero-order valence-corrected chi connectivity index (χ0v) is 6.77. The van der Waals surface area contributed by atoms with E-state index in [-0.39, 0.29) is 5.41 Å². The van der Waals surface area contributed by atoms with Gasteiger partial charge in [-0.05, 0) is 51.9 Å². The molecule has 0 aromatic carbocycles. The highest BCUT2D eigenvalue weighted by Crippen LogP contribution is 2.34. The topological polar surface area (TPSA) is 0 Å². The van der Waals surface area contributed by atoms with Crippen molar-refractivity contribution in [3.05, 3.63) is 20.8 Å². The van der Waals surface area contributed by atoms with Gasteiger partial charge in [0.25, 0.3) is 0 Å². The number of hydrogen-bond donors (Lipinski definition) is 0. The van der Waals surface area contributed by atoms with Crippen molar-refractivity contribution in [3.63, 3.8) is 0 Å². The molecule has 0 heteroatoms. The van der Waals surface area contributed by atoms with Gasteiger partial charge in [0.2, 0.25) is 0 Å². The van der Waals surface area contributed by atoms with E-state index < -0.39 is 0 Å². The number of rotatable bonds is 5. The summed E-state index contributed by atoms with van der Waals surface area (Å²) in [6.07, 6.45) is 3.96. The van der Waals surface area contributed by atoms with Gasteiger partial charge in [0.1, 0.15) is 0 Å². The van der Waals surface area contributed by atoms with E-state index >= 15 is 0 Å². The van der Waals surface area contributed by atoms with Crippen LogP contribution in [0.5, 0.6) is 0 Å². The molecule has 0 aliphatic carbocycles. The number of hydrogen-bond acceptors (Lipinski definition) is 0. The van der Waals surface area contributed by atoms with Crippen LogP contribution in [-0.4, -0.2) is 0 Å². The van der Waals surface area contributed by atoms with E-state index in [2.05, 4.69) is 6.92 Å². The summed E-state index contributed by atoms with van der Waals surface area (Å²) in [7, 11) is 0. The molecular formula is C10H16. The molecule has 0 bridgehead atoms. The third-order valence-electron chi connectivity index (χ3n) is 2.08. The summed E-state index contributed by atoms with van der Waals surface area (Å²) in [5.74, 6) is 0. The van der Waals surface area contributed by atoms with Crippen molar-refractivity contribution in [1.29, 1.82) is 0 Å². The summed E-state index contributed by atoms with van der Waals surface area (Å²) in [5.41, 5.74) is 0.00868. The first-order chi connectivity index (χ1) is 4.74. The summed E-state index contributed by atoms with van der Waals surface area (Å²) < 4.78 is 0. The van der Waals surface area contributed by atoms with Crippen LogP contribution >= 0.6 is 0 Å². The van der Waals surface area contributed by atoms with Gasteiger partial charge >= 0.3 is 0 Å². The first-order valence-corrected chi connectivity index (χ1v) is 3.85. The smallest absolute Gasteiger partial charge is 0.0289 e. The maximum atomic E-state index is 5.55. The molecule has 0 amide bonds. The standard InChI is InChI=1S/C10H16/c1-5-9-10(6-2,7-3)8-4/h2-4H,5-9H2,1H3. The van der Waals surface area contributed by atoms with Crippen molar-refractivity contribution in [1.82, 2.24) is 0 Å². The summed E-state index contributed by atoms with van der Waals surface area (Å²) in [4.78, 5) is 0. The minimum absolute atomic E-state index is 0.00868. The van der Waals surface area contributed by atoms with Gasteiger partial charge in [0, 0.05) is 0 Å². The normalized spacial score (nSPS) is 12.0. The molecule has 0 unspecified atom stereocenters. The van der Waals surface area contributed by atoms with Crippen LogP contribution in [0.4, 0.5) is 0 Å². The van der Waals surface area contributed by atoms with Gasteiger partial charge in [0.15, 0.2) is 0 Å². The Hall–Kier alpha value is 0. The van der Waals surface area contributed by atoms with Crippen LogP contribution in [-0.2, 0) is 0 Å². The van der Waals surface area contributed by atoms with Crippen LogP contribution in [0.15, 0.2) is 0 Å². The van der Waals surface area contributed by atoms with Crippen LogP contribution in [0, 0.1) is 26.2 Å². The van der Waals surface area contributed by atoms with Gasteiger partial charge in [-0.3, -0.25) is 0 Å². The third kappa shape index (κ3) is 2.32. The van der Waals surface area contributed by atoms with Crippen molar-refractivity contribution in [2.75, 3.05) is 0 Å². The van der Waals surface area contributed by atoms with Gasteiger partial charge in [-0.15, -0.1) is 0 Å². The van der Waals surface area contributed by atoms with Crippen LogP contribution in [0.2, 0.25) is 0 Å². The van der Waals surface area contributed by atoms with Crippen molar-refractivity contribution >= 4 is 0 Å². The van der Waals surface area contributed by atoms with Crippen molar-refractivity contribution < 1.29 is 0 Å². The Balaban J connectivity index is 3.87. The molecule has 0 heterocycles. The lowest BCUT2D eigenvalue weighted by Gasteiger charge is -2.29. The molecule has 0 nitrogen and oxygen atoms in total. The summed E-state index contributed by atoms with van der Waals surface area (Å²) in [6, 6.07) is 0. The molecule has 0 aromatic rings. The van der Waals surface area contributed by atoms with Gasteiger partial charge in [-0.25, -0.2) is 0 Å². The van der Waals surface area contributed by atoms with E-state index in [9.17, 15) is 0 Å². The van der Waals surface area contributed by atoms with Crippen molar-refractivity contribution in [2.24, 2.45) is 5.41 Å². The first kappa shape index (κ1) is 10.0. The lowest BCUT2D eigenvalue weighted by molar-refractivity contribution is 0.264. The molecule has 0 rings (SSSR count). The van der Waals surface area contributed by atoms with Crippen molar-refractivity contribution in [2.45, 2.75) is 39.0 Å². The highest BCUT2D eigenvalue weighted by molar-refractivity contribution is 4.81. The summed E-state index contributed by atoms with van der Waals surface area (Å²) in [6.45, 7) is 18.8. The SMILES string of the molecule is [CH]CC(C[CH])(C[CH])CCC. The maximum Gasteiger partial charge on any atom is -0.0289 e. The monoisotopic (exact) mass is 136 g/mol. The Morgan fingerprint density at radius 2 is 1.40 bits per heavy atom. The predicted octanol–water partition coefficient (Wildman–Crippen LogP) is 3.08. The van der Waals surface area contributed by atoms with Crippen LogP contribution in [0.25, 0.3) is 0 Å². The molecule has 6 radical (unpaired) electrons. The van der Waals surface area contributed by atoms with Crippen molar-refractivity contribution in [3.8, 4) is 0 Å². The highest BCUT2D eigenvalue weighted by atomic mass is 14.3. The molecule has 0 N–H and O–H groups in total. The summed E-state index contributed by atoms with van der Waals surface area (Å²) >= 11 is 0. The molecule has 0 saturated heterocycles. The average molecular weight is 136 g/mol. The largest absolute Gasteiger partial charge is 0.0654 e. The molecule has 0 aliphatic heterocycles. The maximum absolute atomic E-state index is 5.55. The Bertz CT molecular complexity index is 61.8. The zero-order valence-electron chi connectivity index (χ0n) is 6.77. The van der Waals surface area contributed by atoms with Gasteiger partial charge < -0.3 is 0 Å². The second-order valence-corrected chi connectivity index (χ2v) is 2.86. The molecule has 0 fully saturated rings. The molecule has 0 aliphatic rings. The van der Waals surface area contributed by atoms with E-state index in [1.54, 1.807) is 0 Å². The van der Waals surface area contributed by atoms with Gasteiger partial charge in [-0.1, -0.05) is 13.3 Å².